The van der Waals surface area contributed by atoms with Gasteiger partial charge in [-0.1, -0.05) is 41.7 Å². The summed E-state index contributed by atoms with van der Waals surface area (Å²) in [5, 5.41) is 0. The van der Waals surface area contributed by atoms with Crippen molar-refractivity contribution in [1.82, 2.24) is 0 Å². The Morgan fingerprint density at radius 2 is 1.76 bits per heavy atom. The predicted molar refractivity (Wildman–Crippen MR) is 115 cm³/mol. The largest absolute Gasteiger partial charge is 0.465 e. The van der Waals surface area contributed by atoms with E-state index in [1.165, 1.54) is 48.2 Å². The Balaban J connectivity index is 1.11. The van der Waals surface area contributed by atoms with Crippen molar-refractivity contribution in [2.45, 2.75) is 58.4 Å². The lowest BCUT2D eigenvalue weighted by Crippen LogP contribution is -2.45. The highest BCUT2D eigenvalue weighted by atomic mass is 32.1. The van der Waals surface area contributed by atoms with Crippen LogP contribution in [0.25, 0.3) is 0 Å². The first-order valence-electron chi connectivity index (χ1n) is 11.3. The van der Waals surface area contributed by atoms with Crippen LogP contribution in [0.5, 0.6) is 0 Å². The average molecular weight is 411 g/mol. The molecule has 1 aromatic heterocycles. The number of carbonyl (C=O) groups excluding carboxylic acids is 1. The van der Waals surface area contributed by atoms with Gasteiger partial charge in [0.2, 0.25) is 5.51 Å². The molecule has 2 aromatic rings. The molecular formula is C25H32NO2S+. The van der Waals surface area contributed by atoms with E-state index in [9.17, 15) is 4.79 Å². The minimum atomic E-state index is 0.0360. The second-order valence-corrected chi connectivity index (χ2v) is 10.6. The van der Waals surface area contributed by atoms with Gasteiger partial charge < -0.3 is 4.74 Å². The van der Waals surface area contributed by atoms with Gasteiger partial charge in [-0.15, -0.1) is 0 Å². The quantitative estimate of drug-likeness (QED) is 0.478. The number of hydrogen-bond donors (Lipinski definition) is 0. The number of hydrogen-bond acceptors (Lipinski definition) is 3. The molecule has 1 aromatic carbocycles. The summed E-state index contributed by atoms with van der Waals surface area (Å²) >= 11 is 1.77. The number of aromatic nitrogens is 1. The Kier molecular flexibility index (Phi) is 5.47. The number of nitrogens with zero attached hydrogens (tertiary/aromatic N) is 1. The third-order valence-corrected chi connectivity index (χ3v) is 8.91. The summed E-state index contributed by atoms with van der Waals surface area (Å²) in [6.07, 6.45) is 8.45. The van der Waals surface area contributed by atoms with Crippen molar-refractivity contribution in [3.05, 3.63) is 52.0 Å². The fraction of sp³-hybridized carbons (Fsp3) is 0.600. The minimum absolute atomic E-state index is 0.0360. The third kappa shape index (κ3) is 4.14. The van der Waals surface area contributed by atoms with Gasteiger partial charge in [0.1, 0.15) is 0 Å². The van der Waals surface area contributed by atoms with Gasteiger partial charge in [0.25, 0.3) is 0 Å². The number of rotatable bonds is 7. The molecule has 1 heterocycles. The molecule has 0 amide bonds. The van der Waals surface area contributed by atoms with E-state index in [0.29, 0.717) is 18.9 Å². The summed E-state index contributed by atoms with van der Waals surface area (Å²) in [6.45, 7) is 3.58. The number of ether oxygens (including phenoxy) is 1. The fourth-order valence-electron chi connectivity index (χ4n) is 6.51. The SMILES string of the molecule is Cc1c(CCOC(=O)CC2C3CC4CC(C3)CC2C4)sc[n+]1Cc1ccccc1. The van der Waals surface area contributed by atoms with Gasteiger partial charge in [0.05, 0.1) is 11.5 Å². The van der Waals surface area contributed by atoms with Crippen LogP contribution >= 0.6 is 11.3 Å². The Labute approximate surface area is 178 Å². The lowest BCUT2D eigenvalue weighted by Gasteiger charge is -2.54. The third-order valence-electron chi connectivity index (χ3n) is 7.77. The number of carbonyl (C=O) groups is 1. The second-order valence-electron chi connectivity index (χ2n) is 9.61. The van der Waals surface area contributed by atoms with Crippen molar-refractivity contribution in [2.75, 3.05) is 6.61 Å². The molecule has 154 valence electrons. The highest BCUT2D eigenvalue weighted by Crippen LogP contribution is 2.57. The van der Waals surface area contributed by atoms with Crippen LogP contribution in [-0.4, -0.2) is 12.6 Å². The Morgan fingerprint density at radius 1 is 1.07 bits per heavy atom. The Morgan fingerprint density at radius 3 is 2.45 bits per heavy atom. The maximum atomic E-state index is 12.5. The van der Waals surface area contributed by atoms with E-state index in [1.807, 2.05) is 0 Å². The van der Waals surface area contributed by atoms with Gasteiger partial charge in [-0.25, -0.2) is 0 Å². The first-order chi connectivity index (χ1) is 14.2. The van der Waals surface area contributed by atoms with Crippen molar-refractivity contribution in [2.24, 2.45) is 29.6 Å². The molecule has 4 aliphatic rings. The highest BCUT2D eigenvalue weighted by Gasteiger charge is 2.48. The lowest BCUT2D eigenvalue weighted by molar-refractivity contribution is -0.689. The minimum Gasteiger partial charge on any atom is -0.465 e. The van der Waals surface area contributed by atoms with Crippen LogP contribution in [0, 0.1) is 36.5 Å². The van der Waals surface area contributed by atoms with Gasteiger partial charge >= 0.3 is 5.97 Å². The van der Waals surface area contributed by atoms with Crippen LogP contribution in [0.3, 0.4) is 0 Å². The highest BCUT2D eigenvalue weighted by molar-refractivity contribution is 7.09. The Hall–Kier alpha value is -1.68. The molecule has 0 spiro atoms. The van der Waals surface area contributed by atoms with E-state index in [0.717, 1.165) is 36.6 Å². The maximum absolute atomic E-state index is 12.5. The molecular weight excluding hydrogens is 378 g/mol. The molecule has 4 fully saturated rings. The van der Waals surface area contributed by atoms with Crippen LogP contribution in [0.4, 0.5) is 0 Å². The van der Waals surface area contributed by atoms with Crippen LogP contribution in [0.1, 0.15) is 54.7 Å². The molecule has 0 unspecified atom stereocenters. The van der Waals surface area contributed by atoms with Crippen molar-refractivity contribution in [3.63, 3.8) is 0 Å². The van der Waals surface area contributed by atoms with Crippen molar-refractivity contribution in [3.8, 4) is 0 Å². The summed E-state index contributed by atoms with van der Waals surface area (Å²) in [7, 11) is 0. The van der Waals surface area contributed by atoms with E-state index in [-0.39, 0.29) is 5.97 Å². The summed E-state index contributed by atoms with van der Waals surface area (Å²) in [6, 6.07) is 10.5. The number of benzene rings is 1. The average Bonchev–Trinajstić information content (AvgIpc) is 3.05. The van der Waals surface area contributed by atoms with Crippen LogP contribution < -0.4 is 4.57 Å². The molecule has 3 nitrogen and oxygen atoms in total. The molecule has 0 saturated heterocycles. The summed E-state index contributed by atoms with van der Waals surface area (Å²) in [5.74, 6) is 4.18. The summed E-state index contributed by atoms with van der Waals surface area (Å²) in [4.78, 5) is 13.9. The molecule has 4 heteroatoms. The zero-order valence-electron chi connectivity index (χ0n) is 17.4. The van der Waals surface area contributed by atoms with E-state index in [1.54, 1.807) is 11.3 Å². The van der Waals surface area contributed by atoms with Crippen LogP contribution in [-0.2, 0) is 22.5 Å². The molecule has 0 radical (unpaired) electrons. The van der Waals surface area contributed by atoms with Crippen molar-refractivity contribution in [1.29, 1.82) is 0 Å². The van der Waals surface area contributed by atoms with Crippen molar-refractivity contribution >= 4 is 17.3 Å². The van der Waals surface area contributed by atoms with Crippen LogP contribution in [0.2, 0.25) is 0 Å². The lowest BCUT2D eigenvalue weighted by atomic mass is 9.51. The molecule has 4 aliphatic carbocycles. The molecule has 4 saturated carbocycles. The number of thiazole rings is 1. The monoisotopic (exact) mass is 410 g/mol. The zero-order chi connectivity index (χ0) is 19.8. The molecule has 4 bridgehead atoms. The Bertz CT molecular complexity index is 831. The zero-order valence-corrected chi connectivity index (χ0v) is 18.2. The smallest absolute Gasteiger partial charge is 0.306 e. The topological polar surface area (TPSA) is 30.2 Å². The number of esters is 1. The van der Waals surface area contributed by atoms with Crippen molar-refractivity contribution < 1.29 is 14.1 Å². The van der Waals surface area contributed by atoms with Gasteiger partial charge in [-0.2, -0.15) is 4.57 Å². The van der Waals surface area contributed by atoms with Gasteiger partial charge in [-0.3, -0.25) is 4.79 Å². The molecule has 29 heavy (non-hydrogen) atoms. The van der Waals surface area contributed by atoms with E-state index in [2.05, 4.69) is 47.3 Å². The molecule has 0 aliphatic heterocycles. The second kappa shape index (κ2) is 8.22. The molecule has 0 N–H and O–H groups in total. The first kappa shape index (κ1) is 19.3. The van der Waals surface area contributed by atoms with Crippen LogP contribution in [0.15, 0.2) is 35.8 Å². The first-order valence-corrected chi connectivity index (χ1v) is 12.2. The summed E-state index contributed by atoms with van der Waals surface area (Å²) in [5.41, 5.74) is 4.79. The van der Waals surface area contributed by atoms with E-state index < -0.39 is 0 Å². The van der Waals surface area contributed by atoms with Gasteiger partial charge in [0.15, 0.2) is 12.2 Å². The molecule has 6 rings (SSSR count). The normalized spacial score (nSPS) is 29.9. The van der Waals surface area contributed by atoms with E-state index in [4.69, 9.17) is 4.74 Å². The maximum Gasteiger partial charge on any atom is 0.306 e. The van der Waals surface area contributed by atoms with Gasteiger partial charge in [0, 0.05) is 25.3 Å². The predicted octanol–water partition coefficient (Wildman–Crippen LogP) is 4.94. The van der Waals surface area contributed by atoms with Gasteiger partial charge in [-0.05, 0) is 61.7 Å². The standard InChI is InChI=1S/C25H32NO2S/c1-17-24(29-16-26(17)15-18-5-3-2-4-6-18)7-8-28-25(27)14-23-21-10-19-9-20(12-21)13-22(23)11-19/h2-6,16,19-23H,7-15H2,1H3/q+1. The van der Waals surface area contributed by atoms with E-state index >= 15 is 0 Å². The summed E-state index contributed by atoms with van der Waals surface area (Å²) < 4.78 is 7.99. The molecule has 0 atom stereocenters. The fourth-order valence-corrected chi connectivity index (χ4v) is 7.48.